The minimum atomic E-state index is -0.742. The number of likely N-dealkylation sites (tertiary alicyclic amines) is 1. The van der Waals surface area contributed by atoms with E-state index in [9.17, 15) is 19.2 Å². The molecular formula is C30H54N4O5. The third kappa shape index (κ3) is 10.2. The highest BCUT2D eigenvalue weighted by atomic mass is 16.5. The number of hydrogen-bond acceptors (Lipinski definition) is 6. The fourth-order valence-corrected chi connectivity index (χ4v) is 5.17. The summed E-state index contributed by atoms with van der Waals surface area (Å²) in [6, 6.07) is -1.80. The van der Waals surface area contributed by atoms with Crippen molar-refractivity contribution in [1.29, 1.82) is 0 Å². The maximum Gasteiger partial charge on any atom is 0.328 e. The highest BCUT2D eigenvalue weighted by Gasteiger charge is 2.36. The molecule has 1 aliphatic rings. The van der Waals surface area contributed by atoms with Gasteiger partial charge in [-0.25, -0.2) is 4.79 Å². The van der Waals surface area contributed by atoms with Crippen LogP contribution in [0.15, 0.2) is 11.6 Å². The van der Waals surface area contributed by atoms with Gasteiger partial charge in [-0.15, -0.1) is 0 Å². The summed E-state index contributed by atoms with van der Waals surface area (Å²) in [7, 11) is 3.02. The molecule has 0 aromatic heterocycles. The molecule has 0 aromatic rings. The minimum Gasteiger partial charge on any atom is -0.467 e. The predicted molar refractivity (Wildman–Crippen MR) is 155 cm³/mol. The third-order valence-corrected chi connectivity index (χ3v) is 7.50. The highest BCUT2D eigenvalue weighted by molar-refractivity contribution is 5.96. The second-order valence-electron chi connectivity index (χ2n) is 12.3. The molecule has 0 unspecified atom stereocenters. The van der Waals surface area contributed by atoms with E-state index in [1.54, 1.807) is 24.9 Å². The van der Waals surface area contributed by atoms with Crippen molar-refractivity contribution in [3.63, 3.8) is 0 Å². The second-order valence-corrected chi connectivity index (χ2v) is 12.3. The zero-order valence-electron chi connectivity index (χ0n) is 26.2. The molecule has 2 N–H and O–H groups in total. The van der Waals surface area contributed by atoms with E-state index in [0.29, 0.717) is 12.0 Å². The average Bonchev–Trinajstić information content (AvgIpc) is 2.87. The zero-order chi connectivity index (χ0) is 30.0. The second kappa shape index (κ2) is 16.0. The minimum absolute atomic E-state index is 0.00654. The van der Waals surface area contributed by atoms with Gasteiger partial charge in [-0.1, -0.05) is 54.0 Å². The van der Waals surface area contributed by atoms with Crippen LogP contribution in [0, 0.1) is 17.8 Å². The van der Waals surface area contributed by atoms with E-state index in [1.165, 1.54) is 7.11 Å². The van der Waals surface area contributed by atoms with Crippen molar-refractivity contribution in [2.45, 2.75) is 118 Å². The van der Waals surface area contributed by atoms with Crippen molar-refractivity contribution in [2.24, 2.45) is 17.8 Å². The van der Waals surface area contributed by atoms with Crippen molar-refractivity contribution in [2.75, 3.05) is 20.7 Å². The van der Waals surface area contributed by atoms with Gasteiger partial charge in [0.05, 0.1) is 19.2 Å². The Bertz CT molecular complexity index is 867. The number of carbonyl (C=O) groups is 4. The lowest BCUT2D eigenvalue weighted by molar-refractivity contribution is -0.145. The Labute approximate surface area is 236 Å². The van der Waals surface area contributed by atoms with Crippen LogP contribution in [0.5, 0.6) is 0 Å². The lowest BCUT2D eigenvalue weighted by Crippen LogP contribution is -2.58. The zero-order valence-corrected chi connectivity index (χ0v) is 26.2. The smallest absolute Gasteiger partial charge is 0.328 e. The lowest BCUT2D eigenvalue weighted by atomic mass is 9.95. The molecular weight excluding hydrogens is 496 g/mol. The van der Waals surface area contributed by atoms with Gasteiger partial charge in [-0.2, -0.15) is 0 Å². The number of amides is 3. The number of nitrogens with one attached hydrogen (secondary N) is 2. The van der Waals surface area contributed by atoms with Crippen LogP contribution in [-0.4, -0.2) is 84.4 Å². The molecule has 0 aromatic carbocycles. The lowest BCUT2D eigenvalue weighted by Gasteiger charge is -2.39. The Balaban J connectivity index is 3.11. The fraction of sp³-hybridized carbons (Fsp3) is 0.800. The number of ether oxygens (including phenoxy) is 1. The van der Waals surface area contributed by atoms with E-state index in [2.05, 4.69) is 29.4 Å². The van der Waals surface area contributed by atoms with Crippen LogP contribution >= 0.6 is 0 Å². The first-order chi connectivity index (χ1) is 18.1. The molecule has 0 aliphatic carbocycles. The molecule has 4 atom stereocenters. The molecule has 3 amide bonds. The predicted octanol–water partition coefficient (Wildman–Crippen LogP) is 3.52. The monoisotopic (exact) mass is 550 g/mol. The molecule has 0 bridgehead atoms. The molecule has 1 rings (SSSR count). The molecule has 9 heteroatoms. The van der Waals surface area contributed by atoms with Crippen molar-refractivity contribution < 1.29 is 23.9 Å². The molecule has 0 saturated carbocycles. The number of nitrogens with zero attached hydrogens (tertiary/aromatic N) is 2. The number of esters is 1. The van der Waals surface area contributed by atoms with Crippen LogP contribution in [0.3, 0.4) is 0 Å². The highest BCUT2D eigenvalue weighted by Crippen LogP contribution is 2.21. The van der Waals surface area contributed by atoms with Crippen LogP contribution in [0.1, 0.15) is 88.0 Å². The molecule has 0 radical (unpaired) electrons. The molecule has 1 aliphatic heterocycles. The van der Waals surface area contributed by atoms with Crippen molar-refractivity contribution >= 4 is 23.7 Å². The summed E-state index contributed by atoms with van der Waals surface area (Å²) in [5.41, 5.74) is 0.408. The summed E-state index contributed by atoms with van der Waals surface area (Å²) in [5.74, 6) is -1.07. The van der Waals surface area contributed by atoms with E-state index in [0.717, 1.165) is 25.8 Å². The Morgan fingerprint density at radius 2 is 1.59 bits per heavy atom. The molecule has 1 saturated heterocycles. The molecule has 39 heavy (non-hydrogen) atoms. The summed E-state index contributed by atoms with van der Waals surface area (Å²) in [5, 5.41) is 5.84. The van der Waals surface area contributed by atoms with E-state index >= 15 is 0 Å². The molecule has 9 nitrogen and oxygen atoms in total. The first-order valence-corrected chi connectivity index (χ1v) is 14.5. The van der Waals surface area contributed by atoms with Gasteiger partial charge in [0, 0.05) is 18.7 Å². The van der Waals surface area contributed by atoms with Crippen molar-refractivity contribution in [1.82, 2.24) is 20.4 Å². The maximum absolute atomic E-state index is 13.7. The standard InChI is InChI=1S/C30H54N4O5/c1-18(2)16-23(30(38)39-11)31-27(35)22(9)17-25(19(3)4)33(10)29(37)26(20(5)6)32-28(36)24-14-12-13-15-34(24)21(7)8/h17-21,23-26H,12-16H2,1-11H3,(H,31,35)(H,32,36)/t23-,24+,25+,26-/m0/s1. The van der Waals surface area contributed by atoms with Crippen LogP contribution in [0.25, 0.3) is 0 Å². The summed E-state index contributed by atoms with van der Waals surface area (Å²) >= 11 is 0. The summed E-state index contributed by atoms with van der Waals surface area (Å²) in [6.45, 7) is 18.5. The van der Waals surface area contributed by atoms with Crippen LogP contribution in [0.2, 0.25) is 0 Å². The first-order valence-electron chi connectivity index (χ1n) is 14.5. The van der Waals surface area contributed by atoms with Gasteiger partial charge in [0.15, 0.2) is 0 Å². The van der Waals surface area contributed by atoms with Gasteiger partial charge in [-0.3, -0.25) is 19.3 Å². The quantitative estimate of drug-likeness (QED) is 0.268. The van der Waals surface area contributed by atoms with Crippen LogP contribution in [-0.2, 0) is 23.9 Å². The van der Waals surface area contributed by atoms with E-state index < -0.39 is 18.1 Å². The number of methoxy groups -OCH3 is 1. The number of likely N-dealkylation sites (N-methyl/N-ethyl adjacent to an activating group) is 1. The van der Waals surface area contributed by atoms with Crippen LogP contribution in [0.4, 0.5) is 0 Å². The van der Waals surface area contributed by atoms with Gasteiger partial charge in [-0.05, 0) is 64.3 Å². The first kappa shape index (κ1) is 34.6. The maximum atomic E-state index is 13.7. The van der Waals surface area contributed by atoms with Crippen molar-refractivity contribution in [3.8, 4) is 0 Å². The number of piperidine rings is 1. The van der Waals surface area contributed by atoms with Gasteiger partial charge >= 0.3 is 5.97 Å². The largest absolute Gasteiger partial charge is 0.467 e. The van der Waals surface area contributed by atoms with Crippen molar-refractivity contribution in [3.05, 3.63) is 11.6 Å². The Morgan fingerprint density at radius 3 is 2.08 bits per heavy atom. The summed E-state index contributed by atoms with van der Waals surface area (Å²) < 4.78 is 4.86. The van der Waals surface area contributed by atoms with Gasteiger partial charge in [0.2, 0.25) is 17.7 Å². The van der Waals surface area contributed by atoms with Crippen LogP contribution < -0.4 is 10.6 Å². The fourth-order valence-electron chi connectivity index (χ4n) is 5.17. The average molecular weight is 551 g/mol. The topological polar surface area (TPSA) is 108 Å². The Morgan fingerprint density at radius 1 is 0.974 bits per heavy atom. The Kier molecular flexibility index (Phi) is 14.2. The Hall–Kier alpha value is -2.42. The van der Waals surface area contributed by atoms with Gasteiger partial charge < -0.3 is 20.3 Å². The van der Waals surface area contributed by atoms with E-state index in [4.69, 9.17) is 4.74 Å². The summed E-state index contributed by atoms with van der Waals surface area (Å²) in [4.78, 5) is 56.1. The summed E-state index contributed by atoms with van der Waals surface area (Å²) in [6.07, 6.45) is 5.08. The number of carbonyl (C=O) groups excluding carboxylic acids is 4. The third-order valence-electron chi connectivity index (χ3n) is 7.50. The molecule has 0 spiro atoms. The number of hydrogen-bond donors (Lipinski definition) is 2. The van der Waals surface area contributed by atoms with Gasteiger partial charge in [0.1, 0.15) is 12.1 Å². The number of rotatable bonds is 13. The van der Waals surface area contributed by atoms with E-state index in [1.807, 2.05) is 41.5 Å². The molecule has 1 fully saturated rings. The van der Waals surface area contributed by atoms with E-state index in [-0.39, 0.29) is 53.6 Å². The molecule has 1 heterocycles. The normalized spacial score (nSPS) is 19.2. The SMILES string of the molecule is COC(=O)[C@H](CC(C)C)NC(=O)C(C)=C[C@H](C(C)C)N(C)C(=O)[C@@H](NC(=O)[C@H]1CCCCN1C(C)C)C(C)C. The molecule has 224 valence electrons. The van der Waals surface area contributed by atoms with Gasteiger partial charge in [0.25, 0.3) is 0 Å².